The van der Waals surface area contributed by atoms with Crippen LogP contribution in [0.1, 0.15) is 6.92 Å². The van der Waals surface area contributed by atoms with E-state index in [1.807, 2.05) is 0 Å². The summed E-state index contributed by atoms with van der Waals surface area (Å²) in [7, 11) is 0. The summed E-state index contributed by atoms with van der Waals surface area (Å²) in [6.07, 6.45) is -4.37. The molecule has 2 nitrogen and oxygen atoms in total. The van der Waals surface area contributed by atoms with Gasteiger partial charge >= 0.3 is 6.18 Å². The lowest BCUT2D eigenvalue weighted by molar-refractivity contribution is -0.0593. The molecule has 0 atom stereocenters. The molecule has 0 aliphatic rings. The lowest BCUT2D eigenvalue weighted by Crippen LogP contribution is -2.18. The molecule has 52 valence electrons. The molecule has 0 aromatic carbocycles. The van der Waals surface area contributed by atoms with Crippen molar-refractivity contribution in [3.05, 3.63) is 0 Å². The number of alkyl halides is 3. The van der Waals surface area contributed by atoms with Crippen LogP contribution in [0, 0.1) is 0 Å². The molecule has 0 radical (unpaired) electrons. The maximum absolute atomic E-state index is 11.4. The Morgan fingerprint density at radius 2 is 1.89 bits per heavy atom. The van der Waals surface area contributed by atoms with E-state index in [0.717, 1.165) is 6.92 Å². The third-order valence-corrected chi connectivity index (χ3v) is 0.631. The molecule has 0 aromatic rings. The van der Waals surface area contributed by atoms with E-state index < -0.39 is 11.9 Å². The van der Waals surface area contributed by atoms with Gasteiger partial charge < -0.3 is 0 Å². The highest BCUT2D eigenvalue weighted by molar-refractivity contribution is 5.87. The highest BCUT2D eigenvalue weighted by atomic mass is 19.4. The molecule has 0 aliphatic heterocycles. The minimum Gasteiger partial charge on any atom is -0.167 e. The molecule has 0 bridgehead atoms. The molecule has 0 unspecified atom stereocenters. The summed E-state index contributed by atoms with van der Waals surface area (Å²) in [6.45, 7) is 3.60. The van der Waals surface area contributed by atoms with Crippen LogP contribution in [0.15, 0.2) is 10.2 Å². The molecule has 0 spiro atoms. The van der Waals surface area contributed by atoms with Crippen molar-refractivity contribution in [2.45, 2.75) is 13.1 Å². The number of hydrogen-bond acceptors (Lipinski definition) is 2. The molecule has 0 heterocycles. The monoisotopic (exact) mass is 138 g/mol. The maximum Gasteiger partial charge on any atom is 0.431 e. The summed E-state index contributed by atoms with van der Waals surface area (Å²) >= 11 is 0. The first-order chi connectivity index (χ1) is 3.98. The van der Waals surface area contributed by atoms with Crippen LogP contribution < -0.4 is 0 Å². The van der Waals surface area contributed by atoms with E-state index in [4.69, 9.17) is 0 Å². The van der Waals surface area contributed by atoms with Gasteiger partial charge in [0.25, 0.3) is 0 Å². The summed E-state index contributed by atoms with van der Waals surface area (Å²) < 4.78 is 34.3. The average molecular weight is 138 g/mol. The highest BCUT2D eigenvalue weighted by Gasteiger charge is 2.31. The Balaban J connectivity index is 4.19. The van der Waals surface area contributed by atoms with Crippen LogP contribution in [0.25, 0.3) is 0 Å². The normalized spacial score (nSPS) is 13.6. The molecular weight excluding hydrogens is 133 g/mol. The van der Waals surface area contributed by atoms with E-state index in [2.05, 4.69) is 16.9 Å². The molecule has 0 saturated carbocycles. The van der Waals surface area contributed by atoms with Gasteiger partial charge in [-0.05, 0) is 6.92 Å². The van der Waals surface area contributed by atoms with Gasteiger partial charge in [-0.1, -0.05) is 0 Å². The first-order valence-electron chi connectivity index (χ1n) is 2.06. The molecule has 0 amide bonds. The third kappa shape index (κ3) is 2.84. The second kappa shape index (κ2) is 2.61. The first-order valence-corrected chi connectivity index (χ1v) is 2.06. The molecule has 5 heteroatoms. The SMILES string of the molecule is C=NN=C(C)C(F)(F)F. The van der Waals surface area contributed by atoms with Crippen LogP contribution in [-0.4, -0.2) is 18.6 Å². The molecular formula is C4H5F3N2. The first kappa shape index (κ1) is 8.13. The predicted octanol–water partition coefficient (Wildman–Crippen LogP) is 1.63. The van der Waals surface area contributed by atoms with Crippen LogP contribution in [0.3, 0.4) is 0 Å². The Morgan fingerprint density at radius 1 is 1.44 bits per heavy atom. The van der Waals surface area contributed by atoms with Crippen LogP contribution in [0.5, 0.6) is 0 Å². The lowest BCUT2D eigenvalue weighted by Gasteiger charge is -2.01. The van der Waals surface area contributed by atoms with E-state index in [0.29, 0.717) is 0 Å². The maximum atomic E-state index is 11.4. The van der Waals surface area contributed by atoms with Crippen LogP contribution >= 0.6 is 0 Å². The van der Waals surface area contributed by atoms with E-state index >= 15 is 0 Å². The van der Waals surface area contributed by atoms with Crippen LogP contribution in [0.4, 0.5) is 13.2 Å². The van der Waals surface area contributed by atoms with Gasteiger partial charge in [0.2, 0.25) is 0 Å². The van der Waals surface area contributed by atoms with Crippen molar-refractivity contribution in [3.8, 4) is 0 Å². The standard InChI is InChI=1S/C4H5F3N2/c1-3(9-8-2)4(5,6)7/h2H2,1H3. The minimum absolute atomic E-state index is 0.828. The minimum atomic E-state index is -4.37. The number of halogens is 3. The van der Waals surface area contributed by atoms with Gasteiger partial charge in [-0.3, -0.25) is 0 Å². The largest absolute Gasteiger partial charge is 0.431 e. The second-order valence-corrected chi connectivity index (χ2v) is 1.32. The predicted molar refractivity (Wildman–Crippen MR) is 28.7 cm³/mol. The van der Waals surface area contributed by atoms with Gasteiger partial charge in [0, 0.05) is 6.72 Å². The molecule has 0 fully saturated rings. The second-order valence-electron chi connectivity index (χ2n) is 1.32. The van der Waals surface area contributed by atoms with Gasteiger partial charge in [0.15, 0.2) is 0 Å². The summed E-state index contributed by atoms with van der Waals surface area (Å²) in [5.74, 6) is 0. The van der Waals surface area contributed by atoms with Crippen molar-refractivity contribution in [1.29, 1.82) is 0 Å². The van der Waals surface area contributed by atoms with Gasteiger partial charge in [-0.2, -0.15) is 23.4 Å². The zero-order valence-corrected chi connectivity index (χ0v) is 4.74. The summed E-state index contributed by atoms with van der Waals surface area (Å²) in [5, 5.41) is 5.42. The zero-order chi connectivity index (χ0) is 7.49. The van der Waals surface area contributed by atoms with Gasteiger partial charge in [-0.15, -0.1) is 0 Å². The van der Waals surface area contributed by atoms with E-state index in [9.17, 15) is 13.2 Å². The smallest absolute Gasteiger partial charge is 0.167 e. The molecule has 0 saturated heterocycles. The Hall–Kier alpha value is -0.870. The van der Waals surface area contributed by atoms with Crippen LogP contribution in [0.2, 0.25) is 0 Å². The summed E-state index contributed by atoms with van der Waals surface area (Å²) in [4.78, 5) is 0. The van der Waals surface area contributed by atoms with Crippen molar-refractivity contribution in [2.75, 3.05) is 0 Å². The summed E-state index contributed by atoms with van der Waals surface area (Å²) in [6, 6.07) is 0. The van der Waals surface area contributed by atoms with Crippen molar-refractivity contribution in [2.24, 2.45) is 10.2 Å². The Morgan fingerprint density at radius 3 is 2.00 bits per heavy atom. The Bertz CT molecular complexity index is 135. The molecule has 0 aromatic heterocycles. The third-order valence-electron chi connectivity index (χ3n) is 0.631. The van der Waals surface area contributed by atoms with Gasteiger partial charge in [0.1, 0.15) is 5.71 Å². The lowest BCUT2D eigenvalue weighted by atomic mass is 10.4. The van der Waals surface area contributed by atoms with Crippen molar-refractivity contribution >= 4 is 12.4 Å². The van der Waals surface area contributed by atoms with Gasteiger partial charge in [-0.25, -0.2) is 0 Å². The van der Waals surface area contributed by atoms with Crippen molar-refractivity contribution < 1.29 is 13.2 Å². The van der Waals surface area contributed by atoms with E-state index in [-0.39, 0.29) is 0 Å². The fourth-order valence-corrected chi connectivity index (χ4v) is 0.163. The van der Waals surface area contributed by atoms with Gasteiger partial charge in [0.05, 0.1) is 0 Å². The molecule has 0 aliphatic carbocycles. The molecule has 0 N–H and O–H groups in total. The van der Waals surface area contributed by atoms with Crippen LogP contribution in [-0.2, 0) is 0 Å². The topological polar surface area (TPSA) is 24.7 Å². The fraction of sp³-hybridized carbons (Fsp3) is 0.500. The number of hydrogen-bond donors (Lipinski definition) is 0. The fourth-order valence-electron chi connectivity index (χ4n) is 0.163. The number of rotatable bonds is 1. The summed E-state index contributed by atoms with van der Waals surface area (Å²) in [5.41, 5.74) is -0.988. The average Bonchev–Trinajstić information content (AvgIpc) is 1.64. The highest BCUT2D eigenvalue weighted by Crippen LogP contribution is 2.16. The Kier molecular flexibility index (Phi) is 2.36. The quantitative estimate of drug-likeness (QED) is 0.388. The number of nitrogens with zero attached hydrogens (tertiary/aromatic N) is 2. The van der Waals surface area contributed by atoms with E-state index in [1.54, 1.807) is 0 Å². The zero-order valence-electron chi connectivity index (χ0n) is 4.74. The molecule has 9 heavy (non-hydrogen) atoms. The van der Waals surface area contributed by atoms with E-state index in [1.165, 1.54) is 0 Å². The Labute approximate surface area is 50.1 Å². The molecule has 0 rings (SSSR count). The van der Waals surface area contributed by atoms with Crippen molar-refractivity contribution in [1.82, 2.24) is 0 Å². The van der Waals surface area contributed by atoms with Crippen molar-refractivity contribution in [3.63, 3.8) is 0 Å².